The summed E-state index contributed by atoms with van der Waals surface area (Å²) in [6, 6.07) is 0. The molecule has 0 fully saturated rings. The zero-order valence-electron chi connectivity index (χ0n) is 10.2. The predicted molar refractivity (Wildman–Crippen MR) is 62.8 cm³/mol. The zero-order valence-corrected chi connectivity index (χ0v) is 10.2. The van der Waals surface area contributed by atoms with E-state index in [1.54, 1.807) is 7.11 Å². The van der Waals surface area contributed by atoms with Gasteiger partial charge in [-0.05, 0) is 13.0 Å². The Balaban J connectivity index is 3.48. The molecule has 0 aliphatic carbocycles. The SMILES string of the molecule is CCN(CCCOCCOC)CC(N)=NO. The number of methoxy groups -OCH3 is 1. The molecule has 0 aromatic rings. The van der Waals surface area contributed by atoms with Crippen LogP contribution >= 0.6 is 0 Å². The standard InChI is InChI=1S/C10H23N3O3/c1-3-13(9-10(11)12-14)5-4-6-16-8-7-15-2/h14H,3-9H2,1-2H3,(H2,11,12). The Bertz CT molecular complexity index is 188. The number of nitrogens with zero attached hydrogens (tertiary/aromatic N) is 2. The molecular formula is C10H23N3O3. The number of oxime groups is 1. The molecule has 0 rings (SSSR count). The smallest absolute Gasteiger partial charge is 0.153 e. The summed E-state index contributed by atoms with van der Waals surface area (Å²) in [6.07, 6.45) is 0.927. The van der Waals surface area contributed by atoms with Crippen LogP contribution < -0.4 is 5.73 Å². The van der Waals surface area contributed by atoms with Crippen molar-refractivity contribution in [3.63, 3.8) is 0 Å². The van der Waals surface area contributed by atoms with Crippen molar-refractivity contribution in [3.8, 4) is 0 Å². The van der Waals surface area contributed by atoms with Gasteiger partial charge in [0.1, 0.15) is 0 Å². The highest BCUT2D eigenvalue weighted by Gasteiger charge is 2.04. The summed E-state index contributed by atoms with van der Waals surface area (Å²) in [6.45, 7) is 6.23. The third-order valence-corrected chi connectivity index (χ3v) is 2.16. The molecule has 0 aromatic carbocycles. The van der Waals surface area contributed by atoms with E-state index < -0.39 is 0 Å². The van der Waals surface area contributed by atoms with Crippen molar-refractivity contribution in [2.75, 3.05) is 46.6 Å². The van der Waals surface area contributed by atoms with Crippen LogP contribution in [0.2, 0.25) is 0 Å². The minimum Gasteiger partial charge on any atom is -0.409 e. The highest BCUT2D eigenvalue weighted by molar-refractivity contribution is 5.81. The van der Waals surface area contributed by atoms with E-state index in [1.807, 2.05) is 6.92 Å². The van der Waals surface area contributed by atoms with Crippen molar-refractivity contribution in [1.29, 1.82) is 0 Å². The normalized spacial score (nSPS) is 12.3. The average Bonchev–Trinajstić information content (AvgIpc) is 2.31. The van der Waals surface area contributed by atoms with Gasteiger partial charge in [-0.1, -0.05) is 12.1 Å². The number of rotatable bonds is 10. The van der Waals surface area contributed by atoms with E-state index in [9.17, 15) is 0 Å². The van der Waals surface area contributed by atoms with Crippen molar-refractivity contribution in [1.82, 2.24) is 4.90 Å². The molecule has 0 spiro atoms. The lowest BCUT2D eigenvalue weighted by atomic mass is 10.3. The van der Waals surface area contributed by atoms with Gasteiger partial charge in [-0.3, -0.25) is 4.90 Å². The van der Waals surface area contributed by atoms with Gasteiger partial charge >= 0.3 is 0 Å². The van der Waals surface area contributed by atoms with E-state index in [2.05, 4.69) is 10.1 Å². The van der Waals surface area contributed by atoms with Gasteiger partial charge in [-0.25, -0.2) is 0 Å². The van der Waals surface area contributed by atoms with E-state index in [4.69, 9.17) is 20.4 Å². The Morgan fingerprint density at radius 3 is 2.69 bits per heavy atom. The first-order valence-corrected chi connectivity index (χ1v) is 5.50. The molecule has 0 bridgehead atoms. The van der Waals surface area contributed by atoms with Gasteiger partial charge in [0.2, 0.25) is 0 Å². The molecule has 6 nitrogen and oxygen atoms in total. The zero-order chi connectivity index (χ0) is 12.2. The summed E-state index contributed by atoms with van der Waals surface area (Å²) in [5, 5.41) is 11.4. The lowest BCUT2D eigenvalue weighted by Crippen LogP contribution is -2.35. The summed E-state index contributed by atoms with van der Waals surface area (Å²) < 4.78 is 10.2. The molecule has 0 unspecified atom stereocenters. The fourth-order valence-electron chi connectivity index (χ4n) is 1.24. The lowest BCUT2D eigenvalue weighted by molar-refractivity contribution is 0.0660. The van der Waals surface area contributed by atoms with Crippen LogP contribution in [-0.2, 0) is 9.47 Å². The van der Waals surface area contributed by atoms with E-state index in [0.717, 1.165) is 19.5 Å². The van der Waals surface area contributed by atoms with Crippen LogP contribution in [-0.4, -0.2) is 62.5 Å². The van der Waals surface area contributed by atoms with Crippen molar-refractivity contribution in [2.45, 2.75) is 13.3 Å². The first-order valence-electron chi connectivity index (χ1n) is 5.50. The maximum absolute atomic E-state index is 8.45. The molecule has 96 valence electrons. The molecular weight excluding hydrogens is 210 g/mol. The minimum absolute atomic E-state index is 0.238. The van der Waals surface area contributed by atoms with Crippen LogP contribution in [0.4, 0.5) is 0 Å². The molecule has 0 heterocycles. The second kappa shape index (κ2) is 10.7. The van der Waals surface area contributed by atoms with Gasteiger partial charge in [0, 0.05) is 20.3 Å². The number of ether oxygens (including phenoxy) is 2. The quantitative estimate of drug-likeness (QED) is 0.184. The van der Waals surface area contributed by atoms with Crippen molar-refractivity contribution in [3.05, 3.63) is 0 Å². The largest absolute Gasteiger partial charge is 0.409 e. The van der Waals surface area contributed by atoms with Crippen LogP contribution in [0, 0.1) is 0 Å². The first kappa shape index (κ1) is 15.2. The highest BCUT2D eigenvalue weighted by atomic mass is 16.5. The van der Waals surface area contributed by atoms with Crippen LogP contribution in [0.15, 0.2) is 5.16 Å². The summed E-state index contributed by atoms with van der Waals surface area (Å²) >= 11 is 0. The van der Waals surface area contributed by atoms with Gasteiger partial charge in [0.05, 0.1) is 19.8 Å². The molecule has 0 aromatic heterocycles. The number of likely N-dealkylation sites (N-methyl/N-ethyl adjacent to an activating group) is 1. The topological polar surface area (TPSA) is 80.3 Å². The summed E-state index contributed by atoms with van der Waals surface area (Å²) in [5.74, 6) is 0.238. The van der Waals surface area contributed by atoms with E-state index in [0.29, 0.717) is 26.4 Å². The Morgan fingerprint density at radius 1 is 1.38 bits per heavy atom. The van der Waals surface area contributed by atoms with Crippen LogP contribution in [0.25, 0.3) is 0 Å². The molecule has 0 atom stereocenters. The van der Waals surface area contributed by atoms with Crippen LogP contribution in [0.1, 0.15) is 13.3 Å². The Labute approximate surface area is 97.0 Å². The number of nitrogens with two attached hydrogens (primary N) is 1. The molecule has 6 heteroatoms. The second-order valence-corrected chi connectivity index (χ2v) is 3.42. The number of hydrogen-bond acceptors (Lipinski definition) is 5. The Morgan fingerprint density at radius 2 is 2.12 bits per heavy atom. The molecule has 0 aliphatic heterocycles. The molecule has 0 aliphatic rings. The number of amidine groups is 1. The summed E-state index contributed by atoms with van der Waals surface area (Å²) in [5.41, 5.74) is 5.43. The second-order valence-electron chi connectivity index (χ2n) is 3.42. The van der Waals surface area contributed by atoms with Gasteiger partial charge < -0.3 is 20.4 Å². The van der Waals surface area contributed by atoms with Gasteiger partial charge in [-0.2, -0.15) is 0 Å². The molecule has 16 heavy (non-hydrogen) atoms. The average molecular weight is 233 g/mol. The maximum atomic E-state index is 8.45. The summed E-state index contributed by atoms with van der Waals surface area (Å²) in [4.78, 5) is 2.09. The van der Waals surface area contributed by atoms with E-state index >= 15 is 0 Å². The van der Waals surface area contributed by atoms with Crippen molar-refractivity contribution in [2.24, 2.45) is 10.9 Å². The van der Waals surface area contributed by atoms with Gasteiger partial charge in [0.25, 0.3) is 0 Å². The highest BCUT2D eigenvalue weighted by Crippen LogP contribution is 1.92. The first-order chi connectivity index (χ1) is 7.74. The number of hydrogen-bond donors (Lipinski definition) is 2. The molecule has 3 N–H and O–H groups in total. The van der Waals surface area contributed by atoms with E-state index in [-0.39, 0.29) is 5.84 Å². The molecule has 0 saturated carbocycles. The fraction of sp³-hybridized carbons (Fsp3) is 0.900. The monoisotopic (exact) mass is 233 g/mol. The third kappa shape index (κ3) is 8.46. The minimum atomic E-state index is 0.238. The molecule has 0 amide bonds. The Kier molecular flexibility index (Phi) is 10.1. The van der Waals surface area contributed by atoms with Crippen molar-refractivity contribution >= 4 is 5.84 Å². The maximum Gasteiger partial charge on any atom is 0.153 e. The predicted octanol–water partition coefficient (Wildman–Crippen LogP) is 0.108. The van der Waals surface area contributed by atoms with Gasteiger partial charge in [-0.15, -0.1) is 0 Å². The van der Waals surface area contributed by atoms with Crippen LogP contribution in [0.5, 0.6) is 0 Å². The summed E-state index contributed by atoms with van der Waals surface area (Å²) in [7, 11) is 1.65. The fourth-order valence-corrected chi connectivity index (χ4v) is 1.24. The third-order valence-electron chi connectivity index (χ3n) is 2.16. The van der Waals surface area contributed by atoms with Crippen molar-refractivity contribution < 1.29 is 14.7 Å². The lowest BCUT2D eigenvalue weighted by Gasteiger charge is -2.19. The molecule has 0 radical (unpaired) electrons. The van der Waals surface area contributed by atoms with Gasteiger partial charge in [0.15, 0.2) is 5.84 Å². The Hall–Kier alpha value is -0.850. The molecule has 0 saturated heterocycles. The van der Waals surface area contributed by atoms with Crippen LogP contribution in [0.3, 0.4) is 0 Å². The van der Waals surface area contributed by atoms with E-state index in [1.165, 1.54) is 0 Å².